The Kier molecular flexibility index (Phi) is 5.40. The third-order valence-corrected chi connectivity index (χ3v) is 2.96. The van der Waals surface area contributed by atoms with Crippen LogP contribution in [0.1, 0.15) is 16.2 Å². The fourth-order valence-electron chi connectivity index (χ4n) is 1.79. The molecule has 0 saturated carbocycles. The van der Waals surface area contributed by atoms with Crippen molar-refractivity contribution >= 4 is 24.2 Å². The number of hydrazine groups is 1. The van der Waals surface area contributed by atoms with Crippen LogP contribution in [0.3, 0.4) is 0 Å². The summed E-state index contributed by atoms with van der Waals surface area (Å²) in [6.07, 6.45) is 7.02. The number of carbonyl (C=O) groups is 2. The van der Waals surface area contributed by atoms with Crippen LogP contribution in [-0.2, 0) is 9.59 Å². The smallest absolute Gasteiger partial charge is 0.328 e. The van der Waals surface area contributed by atoms with Crippen molar-refractivity contribution in [3.8, 4) is 0 Å². The van der Waals surface area contributed by atoms with E-state index in [9.17, 15) is 14.4 Å². The normalized spacial score (nSPS) is 10.5. The van der Waals surface area contributed by atoms with E-state index >= 15 is 0 Å². The first-order chi connectivity index (χ1) is 11.1. The average Bonchev–Trinajstić information content (AvgIpc) is 3.11. The molecule has 7 heteroatoms. The van der Waals surface area contributed by atoms with Gasteiger partial charge in [-0.3, -0.25) is 14.4 Å². The molecule has 2 aromatic rings. The second-order valence-electron chi connectivity index (χ2n) is 4.45. The number of rotatable bonds is 5. The van der Waals surface area contributed by atoms with E-state index in [1.807, 2.05) is 30.3 Å². The molecule has 2 rings (SSSR count). The molecule has 0 bridgehead atoms. The standard InChI is InChI=1S/C16H14N3O4/c1-18(16(22)15-17-9-12-23-15)19(10-11-20)14(21)8-7-13-5-3-2-4-6-13/h2-9,12H,10H2,1H3. The van der Waals surface area contributed by atoms with Crippen molar-refractivity contribution in [2.75, 3.05) is 13.6 Å². The van der Waals surface area contributed by atoms with E-state index in [4.69, 9.17) is 4.42 Å². The van der Waals surface area contributed by atoms with Gasteiger partial charge in [-0.05, 0) is 11.6 Å². The molecular weight excluding hydrogens is 298 g/mol. The molecule has 0 saturated heterocycles. The number of hydrogen-bond acceptors (Lipinski definition) is 5. The molecule has 0 N–H and O–H groups in total. The van der Waals surface area contributed by atoms with Gasteiger partial charge < -0.3 is 4.42 Å². The maximum absolute atomic E-state index is 12.2. The summed E-state index contributed by atoms with van der Waals surface area (Å²) in [5, 5.41) is 1.91. The largest absolute Gasteiger partial charge is 0.441 e. The molecule has 0 aliphatic rings. The minimum absolute atomic E-state index is 0.178. The van der Waals surface area contributed by atoms with Gasteiger partial charge in [0.05, 0.1) is 6.20 Å². The molecule has 1 aromatic heterocycles. The lowest BCUT2D eigenvalue weighted by Gasteiger charge is -2.28. The lowest BCUT2D eigenvalue weighted by atomic mass is 10.2. The summed E-state index contributed by atoms with van der Waals surface area (Å²) in [4.78, 5) is 38.8. The molecule has 1 heterocycles. The Labute approximate surface area is 132 Å². The Balaban J connectivity index is 2.13. The van der Waals surface area contributed by atoms with Gasteiger partial charge in [0.2, 0.25) is 6.29 Å². The maximum Gasteiger partial charge on any atom is 0.328 e. The highest BCUT2D eigenvalue weighted by Crippen LogP contribution is 2.06. The van der Waals surface area contributed by atoms with Crippen LogP contribution in [0.4, 0.5) is 0 Å². The lowest BCUT2D eigenvalue weighted by molar-refractivity contribution is -0.136. The van der Waals surface area contributed by atoms with E-state index in [2.05, 4.69) is 4.98 Å². The van der Waals surface area contributed by atoms with Gasteiger partial charge in [0.25, 0.3) is 11.8 Å². The zero-order chi connectivity index (χ0) is 16.7. The number of amides is 2. The third-order valence-electron chi connectivity index (χ3n) is 2.96. The predicted molar refractivity (Wildman–Crippen MR) is 81.5 cm³/mol. The molecule has 0 aliphatic heterocycles. The van der Waals surface area contributed by atoms with Gasteiger partial charge in [-0.2, -0.15) is 0 Å². The van der Waals surface area contributed by atoms with Crippen LogP contribution in [0.2, 0.25) is 0 Å². The molecule has 0 spiro atoms. The van der Waals surface area contributed by atoms with E-state index in [0.717, 1.165) is 15.6 Å². The first kappa shape index (κ1) is 16.2. The topological polar surface area (TPSA) is 83.7 Å². The van der Waals surface area contributed by atoms with Crippen LogP contribution in [-0.4, -0.2) is 46.7 Å². The molecule has 117 valence electrons. The monoisotopic (exact) mass is 312 g/mol. The van der Waals surface area contributed by atoms with E-state index in [1.54, 1.807) is 12.4 Å². The van der Waals surface area contributed by atoms with E-state index in [0.29, 0.717) is 0 Å². The van der Waals surface area contributed by atoms with Crippen molar-refractivity contribution < 1.29 is 18.8 Å². The summed E-state index contributed by atoms with van der Waals surface area (Å²) >= 11 is 0. The Bertz CT molecular complexity index is 695. The zero-order valence-corrected chi connectivity index (χ0v) is 12.4. The SMILES string of the molecule is CN(C(=O)c1ncco1)N(C[C]=O)C(=O)C=Cc1ccccc1. The van der Waals surface area contributed by atoms with Gasteiger partial charge in [0.15, 0.2) is 0 Å². The van der Waals surface area contributed by atoms with Crippen molar-refractivity contribution in [3.63, 3.8) is 0 Å². The van der Waals surface area contributed by atoms with E-state index in [1.165, 1.54) is 25.6 Å². The van der Waals surface area contributed by atoms with Crippen LogP contribution in [0.5, 0.6) is 0 Å². The highest BCUT2D eigenvalue weighted by atomic mass is 16.4. The quantitative estimate of drug-likeness (QED) is 0.614. The van der Waals surface area contributed by atoms with Crippen LogP contribution < -0.4 is 0 Å². The first-order valence-corrected chi connectivity index (χ1v) is 6.70. The molecule has 0 unspecified atom stereocenters. The minimum Gasteiger partial charge on any atom is -0.441 e. The number of benzene rings is 1. The molecule has 0 fully saturated rings. The summed E-state index contributed by atoms with van der Waals surface area (Å²) in [5.41, 5.74) is 0.817. The van der Waals surface area contributed by atoms with Gasteiger partial charge in [-0.25, -0.2) is 15.0 Å². The van der Waals surface area contributed by atoms with E-state index < -0.39 is 11.8 Å². The number of nitrogens with zero attached hydrogens (tertiary/aromatic N) is 3. The van der Waals surface area contributed by atoms with Crippen molar-refractivity contribution in [2.24, 2.45) is 0 Å². The zero-order valence-electron chi connectivity index (χ0n) is 12.4. The molecule has 2 amide bonds. The van der Waals surface area contributed by atoms with Gasteiger partial charge in [0.1, 0.15) is 12.8 Å². The van der Waals surface area contributed by atoms with Crippen molar-refractivity contribution in [3.05, 3.63) is 60.3 Å². The maximum atomic E-state index is 12.2. The van der Waals surface area contributed by atoms with Gasteiger partial charge in [-0.1, -0.05) is 30.3 Å². The number of carbonyl (C=O) groups excluding carboxylic acids is 3. The van der Waals surface area contributed by atoms with Crippen LogP contribution >= 0.6 is 0 Å². The summed E-state index contributed by atoms with van der Waals surface area (Å²) < 4.78 is 4.90. The molecule has 1 aromatic carbocycles. The van der Waals surface area contributed by atoms with E-state index in [-0.39, 0.29) is 12.4 Å². The highest BCUT2D eigenvalue weighted by Gasteiger charge is 2.24. The van der Waals surface area contributed by atoms with Crippen molar-refractivity contribution in [1.29, 1.82) is 0 Å². The highest BCUT2D eigenvalue weighted by molar-refractivity contribution is 5.96. The molecule has 0 atom stereocenters. The van der Waals surface area contributed by atoms with Crippen LogP contribution in [0.15, 0.2) is 53.3 Å². The second kappa shape index (κ2) is 7.69. The summed E-state index contributed by atoms with van der Waals surface area (Å²) in [5.74, 6) is -1.37. The molecular formula is C16H14N3O4. The fraction of sp³-hybridized carbons (Fsp3) is 0.125. The Morgan fingerprint density at radius 3 is 2.65 bits per heavy atom. The second-order valence-corrected chi connectivity index (χ2v) is 4.45. The van der Waals surface area contributed by atoms with Crippen molar-refractivity contribution in [1.82, 2.24) is 15.0 Å². The van der Waals surface area contributed by atoms with Gasteiger partial charge in [0, 0.05) is 13.1 Å². The Morgan fingerprint density at radius 1 is 1.30 bits per heavy atom. The minimum atomic E-state index is -0.647. The molecule has 0 aliphatic carbocycles. The predicted octanol–water partition coefficient (Wildman–Crippen LogP) is 1.31. The third kappa shape index (κ3) is 4.13. The number of hydrogen-bond donors (Lipinski definition) is 0. The lowest BCUT2D eigenvalue weighted by Crippen LogP contribution is -2.47. The molecule has 1 radical (unpaired) electrons. The Hall–Kier alpha value is -3.22. The first-order valence-electron chi connectivity index (χ1n) is 6.70. The number of oxazole rings is 1. The fourth-order valence-corrected chi connectivity index (χ4v) is 1.79. The summed E-state index contributed by atoms with van der Waals surface area (Å²) in [6, 6.07) is 9.16. The van der Waals surface area contributed by atoms with Crippen molar-refractivity contribution in [2.45, 2.75) is 0 Å². The average molecular weight is 312 g/mol. The van der Waals surface area contributed by atoms with Crippen LogP contribution in [0, 0.1) is 0 Å². The van der Waals surface area contributed by atoms with Gasteiger partial charge >= 0.3 is 5.91 Å². The van der Waals surface area contributed by atoms with Gasteiger partial charge in [-0.15, -0.1) is 0 Å². The summed E-state index contributed by atoms with van der Waals surface area (Å²) in [6.45, 7) is -0.388. The van der Waals surface area contributed by atoms with Crippen LogP contribution in [0.25, 0.3) is 6.08 Å². The molecule has 7 nitrogen and oxygen atoms in total. The summed E-state index contributed by atoms with van der Waals surface area (Å²) in [7, 11) is 1.35. The Morgan fingerprint density at radius 2 is 2.04 bits per heavy atom. The number of aromatic nitrogens is 1. The molecule has 23 heavy (non-hydrogen) atoms.